The van der Waals surface area contributed by atoms with E-state index in [1.807, 2.05) is 35.4 Å². The summed E-state index contributed by atoms with van der Waals surface area (Å²) in [6.07, 6.45) is 3.65. The Labute approximate surface area is 122 Å². The molecule has 2 aliphatic heterocycles. The number of nitrogens with one attached hydrogen (secondary N) is 2. The van der Waals surface area contributed by atoms with Crippen LogP contribution in [0.2, 0.25) is 0 Å². The van der Waals surface area contributed by atoms with E-state index in [1.54, 1.807) is 0 Å². The summed E-state index contributed by atoms with van der Waals surface area (Å²) >= 11 is 0. The summed E-state index contributed by atoms with van der Waals surface area (Å²) in [4.78, 5) is 29.6. The zero-order chi connectivity index (χ0) is 14.4. The lowest BCUT2D eigenvalue weighted by Crippen LogP contribution is -2.48. The highest BCUT2D eigenvalue weighted by Crippen LogP contribution is 2.29. The van der Waals surface area contributed by atoms with Crippen LogP contribution < -0.4 is 5.32 Å². The highest BCUT2D eigenvalue weighted by molar-refractivity contribution is 5.99. The Hall–Kier alpha value is -2.30. The standard InChI is InChI=1S/C16H17N3O2/c20-15-12-2-1-7-19(14(12)9-18-15)16(21)11-3-4-13-10(8-11)5-6-17-13/h3-6,8,12,14,17H,1-2,7,9H2,(H,18,20). The van der Waals surface area contributed by atoms with Crippen LogP contribution in [-0.4, -0.2) is 40.8 Å². The molecule has 2 N–H and O–H groups in total. The highest BCUT2D eigenvalue weighted by Gasteiger charge is 2.42. The molecule has 0 radical (unpaired) electrons. The Bertz CT molecular complexity index is 721. The monoisotopic (exact) mass is 283 g/mol. The fourth-order valence-electron chi connectivity index (χ4n) is 3.56. The van der Waals surface area contributed by atoms with Crippen molar-refractivity contribution in [1.82, 2.24) is 15.2 Å². The third-order valence-corrected chi connectivity index (χ3v) is 4.66. The Kier molecular flexibility index (Phi) is 2.74. The summed E-state index contributed by atoms with van der Waals surface area (Å²) in [5.74, 6) is 0.0987. The fourth-order valence-corrected chi connectivity index (χ4v) is 3.56. The lowest BCUT2D eigenvalue weighted by atomic mass is 9.91. The van der Waals surface area contributed by atoms with Crippen LogP contribution in [0.15, 0.2) is 30.5 Å². The first-order valence-corrected chi connectivity index (χ1v) is 7.40. The number of piperidine rings is 1. The molecule has 2 unspecified atom stereocenters. The van der Waals surface area contributed by atoms with Crippen LogP contribution in [0, 0.1) is 5.92 Å². The molecular weight excluding hydrogens is 266 g/mol. The first-order chi connectivity index (χ1) is 10.2. The Morgan fingerprint density at radius 2 is 2.19 bits per heavy atom. The first-order valence-electron chi connectivity index (χ1n) is 7.40. The van der Waals surface area contributed by atoms with Gasteiger partial charge in [-0.05, 0) is 37.1 Å². The van der Waals surface area contributed by atoms with Crippen LogP contribution in [0.4, 0.5) is 0 Å². The molecule has 2 aliphatic rings. The number of H-pyrrole nitrogens is 1. The number of hydrogen-bond donors (Lipinski definition) is 2. The Morgan fingerprint density at radius 3 is 3.10 bits per heavy atom. The minimum absolute atomic E-state index is 0.0145. The predicted molar refractivity (Wildman–Crippen MR) is 78.9 cm³/mol. The number of carbonyl (C=O) groups is 2. The molecule has 2 amide bonds. The molecule has 1 aromatic heterocycles. The number of aromatic amines is 1. The molecule has 21 heavy (non-hydrogen) atoms. The van der Waals surface area contributed by atoms with E-state index in [4.69, 9.17) is 0 Å². The summed E-state index contributed by atoms with van der Waals surface area (Å²) in [7, 11) is 0. The van der Waals surface area contributed by atoms with Crippen molar-refractivity contribution >= 4 is 22.7 Å². The van der Waals surface area contributed by atoms with E-state index >= 15 is 0 Å². The molecule has 2 fully saturated rings. The van der Waals surface area contributed by atoms with Gasteiger partial charge in [-0.15, -0.1) is 0 Å². The normalized spacial score (nSPS) is 25.0. The van der Waals surface area contributed by atoms with E-state index < -0.39 is 0 Å². The quantitative estimate of drug-likeness (QED) is 0.833. The average molecular weight is 283 g/mol. The smallest absolute Gasteiger partial charge is 0.254 e. The number of carbonyl (C=O) groups excluding carboxylic acids is 2. The second kappa shape index (κ2) is 4.62. The number of benzene rings is 1. The second-order valence-electron chi connectivity index (χ2n) is 5.84. The third kappa shape index (κ3) is 1.92. The number of aromatic nitrogens is 1. The first kappa shape index (κ1) is 12.4. The fraction of sp³-hybridized carbons (Fsp3) is 0.375. The van der Waals surface area contributed by atoms with E-state index in [-0.39, 0.29) is 23.8 Å². The average Bonchev–Trinajstić information content (AvgIpc) is 3.12. The van der Waals surface area contributed by atoms with Gasteiger partial charge in [0.05, 0.1) is 12.0 Å². The van der Waals surface area contributed by atoms with Crippen molar-refractivity contribution in [1.29, 1.82) is 0 Å². The van der Waals surface area contributed by atoms with Gasteiger partial charge in [-0.3, -0.25) is 9.59 Å². The van der Waals surface area contributed by atoms with Crippen molar-refractivity contribution in [3.8, 4) is 0 Å². The van der Waals surface area contributed by atoms with Gasteiger partial charge in [0.15, 0.2) is 0 Å². The maximum atomic E-state index is 12.8. The van der Waals surface area contributed by atoms with Crippen LogP contribution in [-0.2, 0) is 4.79 Å². The number of amides is 2. The molecular formula is C16H17N3O2. The van der Waals surface area contributed by atoms with Crippen molar-refractivity contribution < 1.29 is 9.59 Å². The van der Waals surface area contributed by atoms with Crippen LogP contribution in [0.1, 0.15) is 23.2 Å². The summed E-state index contributed by atoms with van der Waals surface area (Å²) in [6, 6.07) is 7.69. The number of hydrogen-bond acceptors (Lipinski definition) is 2. The van der Waals surface area contributed by atoms with Crippen molar-refractivity contribution in [2.45, 2.75) is 18.9 Å². The number of nitrogens with zero attached hydrogens (tertiary/aromatic N) is 1. The molecule has 0 saturated carbocycles. The molecule has 4 rings (SSSR count). The van der Waals surface area contributed by atoms with Crippen molar-refractivity contribution in [3.63, 3.8) is 0 Å². The van der Waals surface area contributed by atoms with E-state index in [0.29, 0.717) is 12.1 Å². The van der Waals surface area contributed by atoms with E-state index in [9.17, 15) is 9.59 Å². The zero-order valence-corrected chi connectivity index (χ0v) is 11.6. The topological polar surface area (TPSA) is 65.2 Å². The molecule has 2 atom stereocenters. The lowest BCUT2D eigenvalue weighted by Gasteiger charge is -2.36. The summed E-state index contributed by atoms with van der Waals surface area (Å²) in [5, 5.41) is 3.92. The minimum atomic E-state index is -0.0290. The molecule has 2 aromatic rings. The van der Waals surface area contributed by atoms with Crippen LogP contribution in [0.25, 0.3) is 10.9 Å². The van der Waals surface area contributed by atoms with Gasteiger partial charge in [0.25, 0.3) is 5.91 Å². The third-order valence-electron chi connectivity index (χ3n) is 4.66. The SMILES string of the molecule is O=C1NCC2C1CCCN2C(=O)c1ccc2[nH]ccc2c1. The van der Waals surface area contributed by atoms with Gasteiger partial charge >= 0.3 is 0 Å². The summed E-state index contributed by atoms with van der Waals surface area (Å²) in [6.45, 7) is 1.32. The van der Waals surface area contributed by atoms with Gasteiger partial charge in [-0.1, -0.05) is 0 Å². The Balaban J connectivity index is 1.65. The van der Waals surface area contributed by atoms with E-state index in [2.05, 4.69) is 10.3 Å². The van der Waals surface area contributed by atoms with Gasteiger partial charge < -0.3 is 15.2 Å². The van der Waals surface area contributed by atoms with Gasteiger partial charge in [0.2, 0.25) is 5.91 Å². The molecule has 5 heteroatoms. The Morgan fingerprint density at radius 1 is 1.29 bits per heavy atom. The molecule has 108 valence electrons. The van der Waals surface area contributed by atoms with Crippen LogP contribution in [0.5, 0.6) is 0 Å². The highest BCUT2D eigenvalue weighted by atomic mass is 16.2. The molecule has 0 spiro atoms. The van der Waals surface area contributed by atoms with Crippen molar-refractivity contribution in [2.75, 3.05) is 13.1 Å². The maximum Gasteiger partial charge on any atom is 0.254 e. The summed E-state index contributed by atoms with van der Waals surface area (Å²) < 4.78 is 0. The van der Waals surface area contributed by atoms with Crippen molar-refractivity contribution in [2.24, 2.45) is 5.92 Å². The van der Waals surface area contributed by atoms with E-state index in [1.165, 1.54) is 0 Å². The molecule has 2 saturated heterocycles. The molecule has 0 aliphatic carbocycles. The minimum Gasteiger partial charge on any atom is -0.361 e. The molecule has 3 heterocycles. The number of rotatable bonds is 1. The van der Waals surface area contributed by atoms with Gasteiger partial charge in [0.1, 0.15) is 0 Å². The lowest BCUT2D eigenvalue weighted by molar-refractivity contribution is -0.123. The zero-order valence-electron chi connectivity index (χ0n) is 11.6. The maximum absolute atomic E-state index is 12.8. The van der Waals surface area contributed by atoms with Gasteiger partial charge in [-0.25, -0.2) is 0 Å². The van der Waals surface area contributed by atoms with Crippen molar-refractivity contribution in [3.05, 3.63) is 36.0 Å². The summed E-state index contributed by atoms with van der Waals surface area (Å²) in [5.41, 5.74) is 1.72. The van der Waals surface area contributed by atoms with Gasteiger partial charge in [-0.2, -0.15) is 0 Å². The number of fused-ring (bicyclic) bond motifs is 2. The van der Waals surface area contributed by atoms with Gasteiger partial charge in [0, 0.05) is 35.8 Å². The van der Waals surface area contributed by atoms with Crippen LogP contribution >= 0.6 is 0 Å². The van der Waals surface area contributed by atoms with Crippen LogP contribution in [0.3, 0.4) is 0 Å². The second-order valence-corrected chi connectivity index (χ2v) is 5.84. The molecule has 0 bridgehead atoms. The molecule has 5 nitrogen and oxygen atoms in total. The number of likely N-dealkylation sites (tertiary alicyclic amines) is 1. The predicted octanol–water partition coefficient (Wildman–Crippen LogP) is 1.52. The molecule has 1 aromatic carbocycles. The van der Waals surface area contributed by atoms with E-state index in [0.717, 1.165) is 30.3 Å². The largest absolute Gasteiger partial charge is 0.361 e.